The fourth-order valence-corrected chi connectivity index (χ4v) is 2.66. The molecule has 3 rings (SSSR count). The average molecular weight is 299 g/mol. The molecule has 0 aliphatic heterocycles. The summed E-state index contributed by atoms with van der Waals surface area (Å²) < 4.78 is 0. The molecule has 21 heavy (non-hydrogen) atoms. The lowest BCUT2D eigenvalue weighted by Gasteiger charge is -2.11. The molecular weight excluding hydrogens is 286 g/mol. The first-order valence-electron chi connectivity index (χ1n) is 6.38. The summed E-state index contributed by atoms with van der Waals surface area (Å²) >= 11 is 1.26. The van der Waals surface area contributed by atoms with Gasteiger partial charge >= 0.3 is 0 Å². The molecule has 0 spiro atoms. The van der Waals surface area contributed by atoms with Crippen LogP contribution in [-0.4, -0.2) is 21.1 Å². The maximum Gasteiger partial charge on any atom is 0.271 e. The quantitative estimate of drug-likeness (QED) is 0.773. The smallest absolute Gasteiger partial charge is 0.271 e. The summed E-state index contributed by atoms with van der Waals surface area (Å²) in [6, 6.07) is 9.24. The van der Waals surface area contributed by atoms with E-state index in [1.165, 1.54) is 11.3 Å². The van der Waals surface area contributed by atoms with Crippen LogP contribution in [0.3, 0.4) is 0 Å². The first-order chi connectivity index (χ1) is 10.1. The molecular formula is C14H13N5OS. The van der Waals surface area contributed by atoms with Crippen LogP contribution in [0.15, 0.2) is 36.5 Å². The number of anilines is 1. The largest absolute Gasteiger partial charge is 0.374 e. The number of carbonyl (C=O) groups excluding carboxylic acids is 1. The summed E-state index contributed by atoms with van der Waals surface area (Å²) in [7, 11) is 0. The Balaban J connectivity index is 1.87. The molecule has 106 valence electrons. The van der Waals surface area contributed by atoms with Crippen molar-refractivity contribution in [2.75, 3.05) is 5.73 Å². The third-order valence-electron chi connectivity index (χ3n) is 3.06. The van der Waals surface area contributed by atoms with E-state index in [1.54, 1.807) is 6.20 Å². The molecule has 0 bridgehead atoms. The highest BCUT2D eigenvalue weighted by Crippen LogP contribution is 2.20. The van der Waals surface area contributed by atoms with Gasteiger partial charge in [-0.1, -0.05) is 35.6 Å². The zero-order chi connectivity index (χ0) is 14.8. The Bertz CT molecular complexity index is 795. The fraction of sp³-hybridized carbons (Fsp3) is 0.143. The molecule has 0 saturated carbocycles. The predicted octanol–water partition coefficient (Wildman–Crippen LogP) is 2.16. The lowest BCUT2D eigenvalue weighted by atomic mass is 10.1. The molecule has 3 aromatic rings. The van der Waals surface area contributed by atoms with E-state index >= 15 is 0 Å². The number of rotatable bonds is 3. The number of nitrogen functional groups attached to an aromatic ring is 1. The van der Waals surface area contributed by atoms with Gasteiger partial charge in [-0.2, -0.15) is 0 Å². The zero-order valence-electron chi connectivity index (χ0n) is 11.3. The van der Waals surface area contributed by atoms with Crippen LogP contribution >= 0.6 is 11.3 Å². The van der Waals surface area contributed by atoms with Crippen molar-refractivity contribution in [3.8, 4) is 0 Å². The van der Waals surface area contributed by atoms with Gasteiger partial charge < -0.3 is 11.1 Å². The van der Waals surface area contributed by atoms with Crippen molar-refractivity contribution in [1.29, 1.82) is 0 Å². The predicted molar refractivity (Wildman–Crippen MR) is 81.9 cm³/mol. The summed E-state index contributed by atoms with van der Waals surface area (Å²) in [5.41, 5.74) is 5.95. The van der Waals surface area contributed by atoms with Crippen LogP contribution in [0.2, 0.25) is 0 Å². The third kappa shape index (κ3) is 2.68. The maximum absolute atomic E-state index is 12.4. The van der Waals surface area contributed by atoms with Gasteiger partial charge in [-0.3, -0.25) is 9.78 Å². The molecule has 0 radical (unpaired) electrons. The Morgan fingerprint density at radius 1 is 1.29 bits per heavy atom. The number of nitrogens with zero attached hydrogens (tertiary/aromatic N) is 3. The number of carbonyl (C=O) groups is 1. The number of hydrogen-bond acceptors (Lipinski definition) is 6. The first kappa shape index (κ1) is 13.4. The Kier molecular flexibility index (Phi) is 3.49. The van der Waals surface area contributed by atoms with Crippen LogP contribution in [0.1, 0.15) is 28.5 Å². The molecule has 2 aromatic heterocycles. The SMILES string of the molecule is C[C@@H](NC(=O)c1nccc2ccccc12)c1nnc(N)s1. The van der Waals surface area contributed by atoms with Gasteiger partial charge in [0.2, 0.25) is 5.13 Å². The van der Waals surface area contributed by atoms with Crippen molar-refractivity contribution in [1.82, 2.24) is 20.5 Å². The molecule has 0 unspecified atom stereocenters. The number of pyridine rings is 1. The minimum Gasteiger partial charge on any atom is -0.374 e. The number of aromatic nitrogens is 3. The van der Waals surface area contributed by atoms with E-state index in [-0.39, 0.29) is 11.9 Å². The molecule has 2 heterocycles. The Labute approximate surface area is 125 Å². The second-order valence-corrected chi connectivity index (χ2v) is 5.60. The summed E-state index contributed by atoms with van der Waals surface area (Å²) in [6.07, 6.45) is 1.63. The Morgan fingerprint density at radius 2 is 2.10 bits per heavy atom. The van der Waals surface area contributed by atoms with Crippen molar-refractivity contribution >= 4 is 33.1 Å². The zero-order valence-corrected chi connectivity index (χ0v) is 12.1. The van der Waals surface area contributed by atoms with E-state index in [2.05, 4.69) is 20.5 Å². The average Bonchev–Trinajstić information content (AvgIpc) is 2.93. The molecule has 0 saturated heterocycles. The Hall–Kier alpha value is -2.54. The number of nitrogens with one attached hydrogen (secondary N) is 1. The minimum atomic E-state index is -0.270. The second-order valence-electron chi connectivity index (χ2n) is 4.55. The first-order valence-corrected chi connectivity index (χ1v) is 7.20. The minimum absolute atomic E-state index is 0.243. The van der Waals surface area contributed by atoms with Gasteiger partial charge in [-0.05, 0) is 18.4 Å². The van der Waals surface area contributed by atoms with E-state index in [0.29, 0.717) is 15.8 Å². The molecule has 1 amide bonds. The number of amides is 1. The number of fused-ring (bicyclic) bond motifs is 1. The maximum atomic E-state index is 12.4. The molecule has 1 atom stereocenters. The summed E-state index contributed by atoms with van der Waals surface area (Å²) in [6.45, 7) is 1.84. The fourth-order valence-electron chi connectivity index (χ4n) is 2.05. The van der Waals surface area contributed by atoms with Crippen LogP contribution < -0.4 is 11.1 Å². The van der Waals surface area contributed by atoms with Crippen molar-refractivity contribution in [3.63, 3.8) is 0 Å². The van der Waals surface area contributed by atoms with Crippen LogP contribution in [0.4, 0.5) is 5.13 Å². The summed E-state index contributed by atoms with van der Waals surface area (Å²) in [4.78, 5) is 16.6. The van der Waals surface area contributed by atoms with Gasteiger partial charge in [0.15, 0.2) is 0 Å². The van der Waals surface area contributed by atoms with Gasteiger partial charge in [0.1, 0.15) is 10.7 Å². The molecule has 3 N–H and O–H groups in total. The number of nitrogens with two attached hydrogens (primary N) is 1. The normalized spacial score (nSPS) is 12.2. The lowest BCUT2D eigenvalue weighted by Crippen LogP contribution is -2.27. The molecule has 1 aromatic carbocycles. The van der Waals surface area contributed by atoms with E-state index in [1.807, 2.05) is 37.3 Å². The molecule has 0 aliphatic carbocycles. The van der Waals surface area contributed by atoms with Crippen LogP contribution in [0.25, 0.3) is 10.8 Å². The molecule has 0 aliphatic rings. The monoisotopic (exact) mass is 299 g/mol. The van der Waals surface area contributed by atoms with E-state index in [0.717, 1.165) is 10.8 Å². The second kappa shape index (κ2) is 5.45. The molecule has 7 heteroatoms. The lowest BCUT2D eigenvalue weighted by molar-refractivity contribution is 0.0936. The standard InChI is InChI=1S/C14H13N5OS/c1-8(13-18-19-14(15)21-13)17-12(20)11-10-5-3-2-4-9(10)6-7-16-11/h2-8H,1H3,(H2,15,19)(H,17,20)/t8-/m1/s1. The molecule has 0 fully saturated rings. The van der Waals surface area contributed by atoms with Crippen LogP contribution in [0, 0.1) is 0 Å². The topological polar surface area (TPSA) is 93.8 Å². The van der Waals surface area contributed by atoms with E-state index in [4.69, 9.17) is 5.73 Å². The van der Waals surface area contributed by atoms with Gasteiger partial charge in [0.05, 0.1) is 6.04 Å². The van der Waals surface area contributed by atoms with Crippen molar-refractivity contribution < 1.29 is 4.79 Å². The van der Waals surface area contributed by atoms with Crippen molar-refractivity contribution in [2.24, 2.45) is 0 Å². The Morgan fingerprint density at radius 3 is 2.86 bits per heavy atom. The third-order valence-corrected chi connectivity index (χ3v) is 4.00. The van der Waals surface area contributed by atoms with Gasteiger partial charge in [0.25, 0.3) is 5.91 Å². The van der Waals surface area contributed by atoms with E-state index < -0.39 is 0 Å². The van der Waals surface area contributed by atoms with Crippen molar-refractivity contribution in [2.45, 2.75) is 13.0 Å². The van der Waals surface area contributed by atoms with Crippen LogP contribution in [-0.2, 0) is 0 Å². The summed E-state index contributed by atoms with van der Waals surface area (Å²) in [5.74, 6) is -0.243. The van der Waals surface area contributed by atoms with E-state index in [9.17, 15) is 4.79 Å². The highest BCUT2D eigenvalue weighted by molar-refractivity contribution is 7.15. The number of benzene rings is 1. The highest BCUT2D eigenvalue weighted by Gasteiger charge is 2.17. The van der Waals surface area contributed by atoms with Gasteiger partial charge in [0, 0.05) is 11.6 Å². The van der Waals surface area contributed by atoms with Gasteiger partial charge in [-0.25, -0.2) is 0 Å². The van der Waals surface area contributed by atoms with Gasteiger partial charge in [-0.15, -0.1) is 10.2 Å². The number of hydrogen-bond donors (Lipinski definition) is 2. The van der Waals surface area contributed by atoms with Crippen LogP contribution in [0.5, 0.6) is 0 Å². The molecule has 6 nitrogen and oxygen atoms in total. The summed E-state index contributed by atoms with van der Waals surface area (Å²) in [5, 5.41) is 13.4. The van der Waals surface area contributed by atoms with Crippen molar-refractivity contribution in [3.05, 3.63) is 47.2 Å². The highest BCUT2D eigenvalue weighted by atomic mass is 32.1.